The molecule has 0 unspecified atom stereocenters. The van der Waals surface area contributed by atoms with Crippen LogP contribution in [0.3, 0.4) is 0 Å². The fourth-order valence-electron chi connectivity index (χ4n) is 2.12. The maximum Gasteiger partial charge on any atom is 0.259 e. The molecule has 0 aliphatic heterocycles. The highest BCUT2D eigenvalue weighted by Gasteiger charge is 2.09. The SMILES string of the molecule is O=c1[nH]c(-c2ccc([NH+](O)O)cc2)nc2ccc(NO)cc12. The van der Waals surface area contributed by atoms with Crippen LogP contribution >= 0.6 is 0 Å². The number of H-pyrrole nitrogens is 1. The number of benzene rings is 2. The number of hydrogen-bond acceptors (Lipinski definition) is 6. The normalized spacial score (nSPS) is 11.1. The number of rotatable bonds is 3. The van der Waals surface area contributed by atoms with E-state index in [1.54, 1.807) is 24.3 Å². The van der Waals surface area contributed by atoms with Gasteiger partial charge in [-0.25, -0.2) is 4.98 Å². The number of hydrogen-bond donors (Lipinski definition) is 6. The van der Waals surface area contributed by atoms with Crippen LogP contribution in [-0.2, 0) is 0 Å². The average Bonchev–Trinajstić information content (AvgIpc) is 2.54. The molecule has 0 radical (unpaired) electrons. The van der Waals surface area contributed by atoms with Gasteiger partial charge in [0.15, 0.2) is 5.69 Å². The standard InChI is InChI=1S/C14H12N4O4/c19-14-11-7-9(17-20)3-6-12(11)15-13(16-14)8-1-4-10(5-2-8)18(21)22/h1-7,17,20-22H,(H,15,16,19)/p+1. The molecule has 0 spiro atoms. The first kappa shape index (κ1) is 14.2. The van der Waals surface area contributed by atoms with Crippen molar-refractivity contribution in [1.82, 2.24) is 9.97 Å². The topological polar surface area (TPSA) is 123 Å². The van der Waals surface area contributed by atoms with Crippen LogP contribution in [0.5, 0.6) is 0 Å². The molecule has 0 aliphatic rings. The van der Waals surface area contributed by atoms with Crippen molar-refractivity contribution in [3.05, 3.63) is 52.8 Å². The van der Waals surface area contributed by atoms with Crippen LogP contribution in [0.4, 0.5) is 11.4 Å². The summed E-state index contributed by atoms with van der Waals surface area (Å²) in [6, 6.07) is 11.0. The zero-order valence-corrected chi connectivity index (χ0v) is 11.2. The van der Waals surface area contributed by atoms with E-state index in [0.29, 0.717) is 28.0 Å². The molecule has 0 aliphatic carbocycles. The van der Waals surface area contributed by atoms with Gasteiger partial charge in [-0.15, -0.1) is 0 Å². The lowest BCUT2D eigenvalue weighted by Crippen LogP contribution is -3.01. The van der Waals surface area contributed by atoms with E-state index in [0.717, 1.165) is 0 Å². The fourth-order valence-corrected chi connectivity index (χ4v) is 2.12. The van der Waals surface area contributed by atoms with E-state index in [9.17, 15) is 4.79 Å². The molecule has 0 amide bonds. The minimum Gasteiger partial charge on any atom is -0.306 e. The van der Waals surface area contributed by atoms with Crippen LogP contribution in [0.2, 0.25) is 0 Å². The number of aromatic amines is 1. The van der Waals surface area contributed by atoms with Gasteiger partial charge >= 0.3 is 0 Å². The third-order valence-corrected chi connectivity index (χ3v) is 3.25. The molecule has 0 saturated carbocycles. The molecule has 22 heavy (non-hydrogen) atoms. The molecular formula is C14H13N4O4+. The van der Waals surface area contributed by atoms with Crippen molar-refractivity contribution < 1.29 is 20.8 Å². The van der Waals surface area contributed by atoms with Gasteiger partial charge in [0, 0.05) is 17.7 Å². The van der Waals surface area contributed by atoms with Gasteiger partial charge < -0.3 is 4.98 Å². The first-order valence-corrected chi connectivity index (χ1v) is 6.38. The third-order valence-electron chi connectivity index (χ3n) is 3.25. The lowest BCUT2D eigenvalue weighted by molar-refractivity contribution is -1.19. The number of nitrogens with one attached hydrogen (secondary N) is 3. The molecule has 3 aromatic rings. The molecule has 0 atom stereocenters. The van der Waals surface area contributed by atoms with Gasteiger partial charge in [0.25, 0.3) is 5.56 Å². The molecular weight excluding hydrogens is 288 g/mol. The number of aromatic nitrogens is 2. The van der Waals surface area contributed by atoms with Crippen LogP contribution in [-0.4, -0.2) is 25.6 Å². The summed E-state index contributed by atoms with van der Waals surface area (Å²) >= 11 is 0. The van der Waals surface area contributed by atoms with Crippen molar-refractivity contribution in [3.63, 3.8) is 0 Å². The predicted molar refractivity (Wildman–Crippen MR) is 77.4 cm³/mol. The Hall–Kier alpha value is -2.78. The number of fused-ring (bicyclic) bond motifs is 1. The van der Waals surface area contributed by atoms with Crippen molar-refractivity contribution in [2.24, 2.45) is 0 Å². The summed E-state index contributed by atoms with van der Waals surface area (Å²) in [4.78, 5) is 19.1. The number of nitrogens with zero attached hydrogens (tertiary/aromatic N) is 1. The Balaban J connectivity index is 2.10. The lowest BCUT2D eigenvalue weighted by atomic mass is 10.1. The Kier molecular flexibility index (Phi) is 3.57. The monoisotopic (exact) mass is 301 g/mol. The van der Waals surface area contributed by atoms with Crippen molar-refractivity contribution in [2.75, 3.05) is 5.48 Å². The quantitative estimate of drug-likeness (QED) is 0.396. The predicted octanol–water partition coefficient (Wildman–Crippen LogP) is 0.686. The molecule has 6 N–H and O–H groups in total. The number of quaternary nitrogens is 1. The zero-order chi connectivity index (χ0) is 15.7. The van der Waals surface area contributed by atoms with Crippen LogP contribution in [0, 0.1) is 0 Å². The van der Waals surface area contributed by atoms with Gasteiger partial charge in [-0.2, -0.15) is 10.4 Å². The molecule has 1 aromatic heterocycles. The highest BCUT2D eigenvalue weighted by molar-refractivity contribution is 5.82. The Morgan fingerprint density at radius 1 is 1.09 bits per heavy atom. The molecule has 0 bridgehead atoms. The second-order valence-electron chi connectivity index (χ2n) is 4.66. The van der Waals surface area contributed by atoms with Gasteiger partial charge in [0.1, 0.15) is 5.82 Å². The molecule has 8 nitrogen and oxygen atoms in total. The third kappa shape index (κ3) is 2.54. The zero-order valence-electron chi connectivity index (χ0n) is 11.2. The summed E-state index contributed by atoms with van der Waals surface area (Å²) in [7, 11) is 0. The second-order valence-corrected chi connectivity index (χ2v) is 4.66. The Labute approximate surface area is 123 Å². The van der Waals surface area contributed by atoms with Gasteiger partial charge in [0.2, 0.25) is 0 Å². The van der Waals surface area contributed by atoms with E-state index in [2.05, 4.69) is 9.97 Å². The van der Waals surface area contributed by atoms with Crippen LogP contribution < -0.4 is 16.3 Å². The lowest BCUT2D eigenvalue weighted by Gasteiger charge is -2.05. The van der Waals surface area contributed by atoms with E-state index in [4.69, 9.17) is 15.6 Å². The van der Waals surface area contributed by atoms with E-state index < -0.39 is 5.23 Å². The van der Waals surface area contributed by atoms with E-state index in [1.807, 2.05) is 5.48 Å². The Morgan fingerprint density at radius 3 is 2.45 bits per heavy atom. The number of anilines is 1. The van der Waals surface area contributed by atoms with Crippen molar-refractivity contribution in [1.29, 1.82) is 0 Å². The minimum atomic E-state index is -0.768. The smallest absolute Gasteiger partial charge is 0.259 e. The van der Waals surface area contributed by atoms with Crippen LogP contribution in [0.25, 0.3) is 22.3 Å². The molecule has 2 aromatic carbocycles. The van der Waals surface area contributed by atoms with Crippen LogP contribution in [0.15, 0.2) is 47.3 Å². The molecule has 1 heterocycles. The second kappa shape index (κ2) is 5.54. The highest BCUT2D eigenvalue weighted by Crippen LogP contribution is 2.19. The molecule has 3 rings (SSSR count). The summed E-state index contributed by atoms with van der Waals surface area (Å²) in [5.41, 5.74) is 3.42. The van der Waals surface area contributed by atoms with Gasteiger partial charge in [-0.05, 0) is 35.6 Å². The molecule has 0 fully saturated rings. The van der Waals surface area contributed by atoms with Crippen LogP contribution in [0.1, 0.15) is 0 Å². The summed E-state index contributed by atoms with van der Waals surface area (Å²) in [6.45, 7) is 0. The Morgan fingerprint density at radius 2 is 1.82 bits per heavy atom. The first-order valence-electron chi connectivity index (χ1n) is 6.38. The minimum absolute atomic E-state index is 0.269. The summed E-state index contributed by atoms with van der Waals surface area (Å²) in [6.07, 6.45) is 0. The van der Waals surface area contributed by atoms with E-state index in [1.165, 1.54) is 18.2 Å². The highest BCUT2D eigenvalue weighted by atomic mass is 16.8. The average molecular weight is 301 g/mol. The van der Waals surface area contributed by atoms with Gasteiger partial charge in [-0.3, -0.25) is 15.5 Å². The maximum atomic E-state index is 12.1. The summed E-state index contributed by atoms with van der Waals surface area (Å²) in [5.74, 6) is 0.367. The summed E-state index contributed by atoms with van der Waals surface area (Å²) in [5, 5.41) is 26.4. The van der Waals surface area contributed by atoms with E-state index >= 15 is 0 Å². The summed E-state index contributed by atoms with van der Waals surface area (Å²) < 4.78 is 0. The first-order chi connectivity index (χ1) is 10.6. The van der Waals surface area contributed by atoms with Gasteiger partial charge in [0.05, 0.1) is 16.6 Å². The van der Waals surface area contributed by atoms with Crippen molar-refractivity contribution in [3.8, 4) is 11.4 Å². The Bertz CT molecular complexity index is 874. The molecule has 0 saturated heterocycles. The van der Waals surface area contributed by atoms with E-state index in [-0.39, 0.29) is 11.2 Å². The van der Waals surface area contributed by atoms with Crippen molar-refractivity contribution in [2.45, 2.75) is 0 Å². The van der Waals surface area contributed by atoms with Crippen molar-refractivity contribution >= 4 is 22.3 Å². The molecule has 112 valence electrons. The largest absolute Gasteiger partial charge is 0.306 e. The molecule has 8 heteroatoms. The maximum absolute atomic E-state index is 12.1. The fraction of sp³-hybridized carbons (Fsp3) is 0. The van der Waals surface area contributed by atoms with Gasteiger partial charge in [-0.1, -0.05) is 0 Å².